The summed E-state index contributed by atoms with van der Waals surface area (Å²) in [5.41, 5.74) is 0. The molecule has 1 unspecified atom stereocenters. The number of likely N-dealkylation sites (tertiary alicyclic amines) is 1. The third-order valence-corrected chi connectivity index (χ3v) is 3.66. The van der Waals surface area contributed by atoms with Gasteiger partial charge in [0.05, 0.1) is 25.6 Å². The third-order valence-electron chi connectivity index (χ3n) is 2.79. The molecule has 6 nitrogen and oxygen atoms in total. The van der Waals surface area contributed by atoms with Crippen LogP contribution in [0.15, 0.2) is 0 Å². The highest BCUT2D eigenvalue weighted by atomic mass is 32.3. The van der Waals surface area contributed by atoms with Crippen LogP contribution in [-0.4, -0.2) is 64.5 Å². The zero-order valence-electron chi connectivity index (χ0n) is 11.1. The second-order valence-electron chi connectivity index (χ2n) is 4.48. The van der Waals surface area contributed by atoms with Crippen LogP contribution in [0.2, 0.25) is 0 Å². The summed E-state index contributed by atoms with van der Waals surface area (Å²) >= 11 is 0. The Bertz CT molecular complexity index is 459. The van der Waals surface area contributed by atoms with Crippen LogP contribution in [-0.2, 0) is 24.5 Å². The van der Waals surface area contributed by atoms with Crippen molar-refractivity contribution >= 4 is 16.1 Å². The number of hydrogen-bond donors (Lipinski definition) is 0. The summed E-state index contributed by atoms with van der Waals surface area (Å²) in [6.45, 7) is 1.90. The van der Waals surface area contributed by atoms with Gasteiger partial charge in [-0.15, -0.1) is 10.3 Å². The molecule has 8 heteroatoms. The van der Waals surface area contributed by atoms with Crippen LogP contribution in [0.1, 0.15) is 6.42 Å². The number of carbonyl (C=O) groups excluding carboxylic acids is 1. The van der Waals surface area contributed by atoms with Crippen molar-refractivity contribution in [3.8, 4) is 12.3 Å². The van der Waals surface area contributed by atoms with Crippen molar-refractivity contribution in [1.29, 1.82) is 0 Å². The lowest BCUT2D eigenvalue weighted by atomic mass is 10.1. The highest BCUT2D eigenvalue weighted by Crippen LogP contribution is 2.19. The van der Waals surface area contributed by atoms with Gasteiger partial charge in [0, 0.05) is 25.4 Å². The van der Waals surface area contributed by atoms with E-state index in [1.54, 1.807) is 0 Å². The molecule has 0 radical (unpaired) electrons. The molecule has 1 aliphatic rings. The number of rotatable bonds is 9. The molecular formula is C12H18FNO5S. The molecule has 1 aliphatic heterocycles. The van der Waals surface area contributed by atoms with E-state index in [0.717, 1.165) is 0 Å². The molecule has 1 atom stereocenters. The van der Waals surface area contributed by atoms with Crippen LogP contribution in [0.25, 0.3) is 0 Å². The van der Waals surface area contributed by atoms with Crippen LogP contribution in [0.5, 0.6) is 0 Å². The highest BCUT2D eigenvalue weighted by Gasteiger charge is 2.32. The summed E-state index contributed by atoms with van der Waals surface area (Å²) in [7, 11) is -4.54. The molecule has 1 heterocycles. The van der Waals surface area contributed by atoms with Gasteiger partial charge in [-0.25, -0.2) is 0 Å². The van der Waals surface area contributed by atoms with E-state index in [1.165, 1.54) is 4.90 Å². The van der Waals surface area contributed by atoms with E-state index >= 15 is 0 Å². The van der Waals surface area contributed by atoms with Crippen LogP contribution in [0.3, 0.4) is 0 Å². The number of carbonyl (C=O) groups is 1. The van der Waals surface area contributed by atoms with Gasteiger partial charge in [-0.3, -0.25) is 4.79 Å². The minimum absolute atomic E-state index is 0.0639. The molecule has 1 rings (SSSR count). The number of terminal acetylenes is 1. The number of ether oxygens (including phenoxy) is 2. The van der Waals surface area contributed by atoms with Gasteiger partial charge in [0.2, 0.25) is 5.91 Å². The van der Waals surface area contributed by atoms with Gasteiger partial charge < -0.3 is 14.4 Å². The van der Waals surface area contributed by atoms with Crippen molar-refractivity contribution in [3.63, 3.8) is 0 Å². The van der Waals surface area contributed by atoms with Gasteiger partial charge in [-0.05, 0) is 0 Å². The van der Waals surface area contributed by atoms with Gasteiger partial charge in [0.1, 0.15) is 6.61 Å². The van der Waals surface area contributed by atoms with Crippen molar-refractivity contribution in [2.24, 2.45) is 5.92 Å². The van der Waals surface area contributed by atoms with Crippen LogP contribution >= 0.6 is 0 Å². The molecule has 0 saturated carbocycles. The quantitative estimate of drug-likeness (QED) is 0.335. The number of nitrogens with zero attached hydrogens (tertiary/aromatic N) is 1. The average molecular weight is 307 g/mol. The lowest BCUT2D eigenvalue weighted by Gasteiger charge is -2.16. The predicted molar refractivity (Wildman–Crippen MR) is 70.1 cm³/mol. The molecule has 0 aromatic carbocycles. The Balaban J connectivity index is 2.15. The topological polar surface area (TPSA) is 72.9 Å². The van der Waals surface area contributed by atoms with Crippen LogP contribution in [0, 0.1) is 18.3 Å². The van der Waals surface area contributed by atoms with Crippen molar-refractivity contribution in [2.45, 2.75) is 6.42 Å². The van der Waals surface area contributed by atoms with E-state index < -0.39 is 21.9 Å². The zero-order chi connectivity index (χ0) is 15.0. The molecule has 1 amide bonds. The first-order valence-corrected chi connectivity index (χ1v) is 7.76. The molecule has 0 aromatic heterocycles. The molecule has 1 fully saturated rings. The van der Waals surface area contributed by atoms with E-state index in [9.17, 15) is 17.1 Å². The fraction of sp³-hybridized carbons (Fsp3) is 0.750. The fourth-order valence-corrected chi connectivity index (χ4v) is 2.78. The summed E-state index contributed by atoms with van der Waals surface area (Å²) in [6.07, 6.45) is 5.06. The minimum atomic E-state index is -4.54. The third kappa shape index (κ3) is 6.84. The number of halogens is 1. The Morgan fingerprint density at radius 2 is 2.05 bits per heavy atom. The van der Waals surface area contributed by atoms with E-state index in [-0.39, 0.29) is 25.5 Å². The maximum absolute atomic E-state index is 12.5. The maximum atomic E-state index is 12.5. The van der Waals surface area contributed by atoms with Crippen molar-refractivity contribution in [2.75, 3.05) is 45.3 Å². The van der Waals surface area contributed by atoms with Gasteiger partial charge in [0.15, 0.2) is 0 Å². The van der Waals surface area contributed by atoms with E-state index in [0.29, 0.717) is 26.4 Å². The minimum Gasteiger partial charge on any atom is -0.377 e. The van der Waals surface area contributed by atoms with Crippen LogP contribution < -0.4 is 0 Å². The van der Waals surface area contributed by atoms with Crippen molar-refractivity contribution in [3.05, 3.63) is 0 Å². The van der Waals surface area contributed by atoms with E-state index in [4.69, 9.17) is 15.9 Å². The van der Waals surface area contributed by atoms with Gasteiger partial charge in [-0.2, -0.15) is 8.42 Å². The molecular weight excluding hydrogens is 289 g/mol. The molecule has 0 spiro atoms. The lowest BCUT2D eigenvalue weighted by molar-refractivity contribution is -0.128. The molecule has 114 valence electrons. The van der Waals surface area contributed by atoms with E-state index in [2.05, 4.69) is 5.92 Å². The predicted octanol–water partition coefficient (Wildman–Crippen LogP) is -0.199. The second kappa shape index (κ2) is 8.19. The average Bonchev–Trinajstić information content (AvgIpc) is 2.66. The lowest BCUT2D eigenvalue weighted by Crippen LogP contribution is -2.30. The SMILES string of the molecule is C#CCOCCOCCN1CC(CS(=O)(=O)F)CC1=O. The first-order chi connectivity index (χ1) is 9.42. The van der Waals surface area contributed by atoms with Gasteiger partial charge in [-0.1, -0.05) is 5.92 Å². The Hall–Kier alpha value is -1.17. The van der Waals surface area contributed by atoms with Gasteiger partial charge >= 0.3 is 10.2 Å². The Morgan fingerprint density at radius 1 is 1.35 bits per heavy atom. The van der Waals surface area contributed by atoms with Crippen molar-refractivity contribution in [1.82, 2.24) is 4.90 Å². The Labute approximate surface area is 118 Å². The molecule has 0 aromatic rings. The first-order valence-electron chi connectivity index (χ1n) is 6.21. The largest absolute Gasteiger partial charge is 0.377 e. The van der Waals surface area contributed by atoms with Crippen LogP contribution in [0.4, 0.5) is 3.89 Å². The van der Waals surface area contributed by atoms with Gasteiger partial charge in [0.25, 0.3) is 0 Å². The zero-order valence-corrected chi connectivity index (χ0v) is 11.9. The fourth-order valence-electron chi connectivity index (χ4n) is 1.99. The molecule has 0 N–H and O–H groups in total. The summed E-state index contributed by atoms with van der Waals surface area (Å²) in [6, 6.07) is 0. The Kier molecular flexibility index (Phi) is 6.91. The number of amides is 1. The monoisotopic (exact) mass is 307 g/mol. The summed E-state index contributed by atoms with van der Waals surface area (Å²) in [5.74, 6) is 1.07. The molecule has 20 heavy (non-hydrogen) atoms. The molecule has 1 saturated heterocycles. The summed E-state index contributed by atoms with van der Waals surface area (Å²) in [4.78, 5) is 13.1. The summed E-state index contributed by atoms with van der Waals surface area (Å²) < 4.78 is 43.9. The Morgan fingerprint density at radius 3 is 2.70 bits per heavy atom. The molecule has 0 aliphatic carbocycles. The first kappa shape index (κ1) is 16.9. The number of hydrogen-bond acceptors (Lipinski definition) is 5. The van der Waals surface area contributed by atoms with Crippen molar-refractivity contribution < 1.29 is 26.6 Å². The highest BCUT2D eigenvalue weighted by molar-refractivity contribution is 7.86. The molecule has 0 bridgehead atoms. The normalized spacial score (nSPS) is 19.3. The smallest absolute Gasteiger partial charge is 0.302 e. The second-order valence-corrected chi connectivity index (χ2v) is 5.90. The van der Waals surface area contributed by atoms with E-state index in [1.807, 2.05) is 0 Å². The standard InChI is InChI=1S/C12H18FNO5S/c1-2-4-18-6-7-19-5-3-14-9-11(8-12(14)15)10-20(13,16)17/h1,11H,3-10H2. The maximum Gasteiger partial charge on any atom is 0.302 e. The summed E-state index contributed by atoms with van der Waals surface area (Å²) in [5, 5.41) is 0.